The molecule has 1 fully saturated rings. The first kappa shape index (κ1) is 14.2. The molecule has 0 spiro atoms. The van der Waals surface area contributed by atoms with Crippen LogP contribution in [0, 0.1) is 0 Å². The van der Waals surface area contributed by atoms with Gasteiger partial charge in [0.1, 0.15) is 17.1 Å². The standard InChI is InChI=1S/C14H19NO3S/c1-15-7-8-19-9-10(15)14(16)13-11(17-2)5-4-6-12(13)18-3/h4-6,10H,7-9H2,1-3H3. The molecule has 1 aliphatic heterocycles. The minimum Gasteiger partial charge on any atom is -0.496 e. The van der Waals surface area contributed by atoms with E-state index in [-0.39, 0.29) is 11.8 Å². The molecule has 0 aromatic heterocycles. The number of hydrogen-bond donors (Lipinski definition) is 0. The Bertz CT molecular complexity index is 442. The van der Waals surface area contributed by atoms with Crippen LogP contribution in [0.4, 0.5) is 0 Å². The van der Waals surface area contributed by atoms with Crippen molar-refractivity contribution < 1.29 is 14.3 Å². The summed E-state index contributed by atoms with van der Waals surface area (Å²) in [7, 11) is 5.14. The Kier molecular flexibility index (Phi) is 4.71. The fraction of sp³-hybridized carbons (Fsp3) is 0.500. The summed E-state index contributed by atoms with van der Waals surface area (Å²) >= 11 is 1.81. The van der Waals surface area contributed by atoms with Crippen molar-refractivity contribution in [2.24, 2.45) is 0 Å². The van der Waals surface area contributed by atoms with Gasteiger partial charge >= 0.3 is 0 Å². The maximum atomic E-state index is 12.8. The molecule has 1 unspecified atom stereocenters. The number of benzene rings is 1. The van der Waals surface area contributed by atoms with Crippen molar-refractivity contribution in [1.82, 2.24) is 4.90 Å². The van der Waals surface area contributed by atoms with Gasteiger partial charge in [-0.15, -0.1) is 0 Å². The zero-order valence-electron chi connectivity index (χ0n) is 11.5. The maximum absolute atomic E-state index is 12.8. The number of Topliss-reactive ketones (excluding diaryl/α,β-unsaturated/α-hetero) is 1. The van der Waals surface area contributed by atoms with Gasteiger partial charge in [-0.2, -0.15) is 11.8 Å². The summed E-state index contributed by atoms with van der Waals surface area (Å²) in [6.45, 7) is 0.929. The van der Waals surface area contributed by atoms with Gasteiger partial charge in [0.2, 0.25) is 0 Å². The molecule has 104 valence electrons. The SMILES string of the molecule is COc1cccc(OC)c1C(=O)C1CSCCN1C. The monoisotopic (exact) mass is 281 g/mol. The number of hydrogen-bond acceptors (Lipinski definition) is 5. The first-order valence-electron chi connectivity index (χ1n) is 6.22. The molecule has 0 amide bonds. The van der Waals surface area contributed by atoms with Crippen molar-refractivity contribution >= 4 is 17.5 Å². The number of carbonyl (C=O) groups excluding carboxylic acids is 1. The fourth-order valence-electron chi connectivity index (χ4n) is 2.22. The van der Waals surface area contributed by atoms with E-state index < -0.39 is 0 Å². The van der Waals surface area contributed by atoms with E-state index in [4.69, 9.17) is 9.47 Å². The molecule has 1 atom stereocenters. The zero-order valence-corrected chi connectivity index (χ0v) is 12.3. The third kappa shape index (κ3) is 2.87. The molecular formula is C14H19NO3S. The number of thioether (sulfide) groups is 1. The third-order valence-corrected chi connectivity index (χ3v) is 4.40. The molecule has 4 nitrogen and oxygen atoms in total. The number of rotatable bonds is 4. The average molecular weight is 281 g/mol. The number of ether oxygens (including phenoxy) is 2. The Morgan fingerprint density at radius 2 is 1.95 bits per heavy atom. The van der Waals surface area contributed by atoms with Crippen molar-refractivity contribution in [3.05, 3.63) is 23.8 Å². The first-order valence-corrected chi connectivity index (χ1v) is 7.37. The molecule has 1 heterocycles. The lowest BCUT2D eigenvalue weighted by molar-refractivity contribution is 0.0868. The molecule has 2 rings (SSSR count). The van der Waals surface area contributed by atoms with Crippen LogP contribution >= 0.6 is 11.8 Å². The Morgan fingerprint density at radius 3 is 2.47 bits per heavy atom. The lowest BCUT2D eigenvalue weighted by atomic mass is 10.0. The average Bonchev–Trinajstić information content (AvgIpc) is 2.46. The smallest absolute Gasteiger partial charge is 0.188 e. The topological polar surface area (TPSA) is 38.8 Å². The molecule has 0 radical (unpaired) electrons. The Balaban J connectivity index is 2.36. The van der Waals surface area contributed by atoms with E-state index in [0.717, 1.165) is 18.1 Å². The zero-order chi connectivity index (χ0) is 13.8. The van der Waals surface area contributed by atoms with Crippen LogP contribution < -0.4 is 9.47 Å². The lowest BCUT2D eigenvalue weighted by Crippen LogP contribution is -2.44. The van der Waals surface area contributed by atoms with E-state index in [1.165, 1.54) is 0 Å². The molecule has 1 aliphatic rings. The van der Waals surface area contributed by atoms with Crippen LogP contribution in [0.2, 0.25) is 0 Å². The van der Waals surface area contributed by atoms with Gasteiger partial charge in [0, 0.05) is 18.1 Å². The largest absolute Gasteiger partial charge is 0.496 e. The van der Waals surface area contributed by atoms with Gasteiger partial charge in [-0.3, -0.25) is 9.69 Å². The highest BCUT2D eigenvalue weighted by molar-refractivity contribution is 7.99. The van der Waals surface area contributed by atoms with Crippen LogP contribution in [0.25, 0.3) is 0 Å². The van der Waals surface area contributed by atoms with E-state index in [1.807, 2.05) is 24.9 Å². The summed E-state index contributed by atoms with van der Waals surface area (Å²) in [5, 5.41) is 0. The van der Waals surface area contributed by atoms with Crippen molar-refractivity contribution in [2.45, 2.75) is 6.04 Å². The van der Waals surface area contributed by atoms with Crippen LogP contribution in [0.5, 0.6) is 11.5 Å². The molecule has 1 aromatic rings. The minimum atomic E-state index is -0.107. The van der Waals surface area contributed by atoms with E-state index >= 15 is 0 Å². The number of ketones is 1. The quantitative estimate of drug-likeness (QED) is 0.789. The lowest BCUT2D eigenvalue weighted by Gasteiger charge is -2.31. The highest BCUT2D eigenvalue weighted by Gasteiger charge is 2.31. The van der Waals surface area contributed by atoms with Crippen LogP contribution in [-0.2, 0) is 0 Å². The van der Waals surface area contributed by atoms with Gasteiger partial charge in [0.15, 0.2) is 5.78 Å². The Hall–Kier alpha value is -1.20. The molecule has 0 N–H and O–H groups in total. The molecule has 1 saturated heterocycles. The van der Waals surface area contributed by atoms with Crippen LogP contribution in [0.1, 0.15) is 10.4 Å². The van der Waals surface area contributed by atoms with Crippen LogP contribution in [0.15, 0.2) is 18.2 Å². The van der Waals surface area contributed by atoms with Gasteiger partial charge in [-0.05, 0) is 19.2 Å². The Labute approximate surface area is 118 Å². The Morgan fingerprint density at radius 1 is 1.32 bits per heavy atom. The van der Waals surface area contributed by atoms with E-state index in [9.17, 15) is 4.79 Å². The highest BCUT2D eigenvalue weighted by atomic mass is 32.2. The second-order valence-corrected chi connectivity index (χ2v) is 5.62. The minimum absolute atomic E-state index is 0.0731. The molecule has 1 aromatic carbocycles. The van der Waals surface area contributed by atoms with Gasteiger partial charge in [-0.25, -0.2) is 0 Å². The van der Waals surface area contributed by atoms with E-state index in [0.29, 0.717) is 17.1 Å². The van der Waals surface area contributed by atoms with Crippen molar-refractivity contribution in [3.63, 3.8) is 0 Å². The summed E-state index contributed by atoms with van der Waals surface area (Å²) in [5.74, 6) is 3.12. The second-order valence-electron chi connectivity index (χ2n) is 4.47. The normalized spacial score (nSPS) is 20.1. The van der Waals surface area contributed by atoms with Crippen molar-refractivity contribution in [1.29, 1.82) is 0 Å². The molecular weight excluding hydrogens is 262 g/mol. The summed E-state index contributed by atoms with van der Waals surface area (Å²) in [6, 6.07) is 5.31. The molecule has 19 heavy (non-hydrogen) atoms. The summed E-state index contributed by atoms with van der Waals surface area (Å²) in [5.41, 5.74) is 0.548. The van der Waals surface area contributed by atoms with Gasteiger partial charge in [-0.1, -0.05) is 6.07 Å². The molecule has 0 saturated carbocycles. The third-order valence-electron chi connectivity index (χ3n) is 3.37. The van der Waals surface area contributed by atoms with Crippen molar-refractivity contribution in [3.8, 4) is 11.5 Å². The predicted octanol–water partition coefficient (Wildman–Crippen LogP) is 1.93. The summed E-state index contributed by atoms with van der Waals surface area (Å²) in [6.07, 6.45) is 0. The number of likely N-dealkylation sites (N-methyl/N-ethyl adjacent to an activating group) is 1. The molecule has 5 heteroatoms. The van der Waals surface area contributed by atoms with Crippen LogP contribution in [-0.4, -0.2) is 56.0 Å². The summed E-state index contributed by atoms with van der Waals surface area (Å²) in [4.78, 5) is 14.9. The summed E-state index contributed by atoms with van der Waals surface area (Å²) < 4.78 is 10.6. The number of methoxy groups -OCH3 is 2. The van der Waals surface area contributed by atoms with E-state index in [1.54, 1.807) is 26.4 Å². The maximum Gasteiger partial charge on any atom is 0.188 e. The predicted molar refractivity (Wildman–Crippen MR) is 77.6 cm³/mol. The fourth-order valence-corrected chi connectivity index (χ4v) is 3.44. The highest BCUT2D eigenvalue weighted by Crippen LogP contribution is 2.31. The van der Waals surface area contributed by atoms with Crippen molar-refractivity contribution in [2.75, 3.05) is 39.3 Å². The first-order chi connectivity index (χ1) is 9.19. The van der Waals surface area contributed by atoms with Crippen LogP contribution in [0.3, 0.4) is 0 Å². The number of carbonyl (C=O) groups is 1. The van der Waals surface area contributed by atoms with Gasteiger partial charge < -0.3 is 9.47 Å². The number of nitrogens with zero attached hydrogens (tertiary/aromatic N) is 1. The van der Waals surface area contributed by atoms with Gasteiger partial charge in [0.25, 0.3) is 0 Å². The molecule has 0 aliphatic carbocycles. The van der Waals surface area contributed by atoms with Gasteiger partial charge in [0.05, 0.1) is 20.3 Å². The molecule has 0 bridgehead atoms. The second kappa shape index (κ2) is 6.30. The van der Waals surface area contributed by atoms with E-state index in [2.05, 4.69) is 4.90 Å².